The highest BCUT2D eigenvalue weighted by Crippen LogP contribution is 2.36. The molecule has 7 nitrogen and oxygen atoms in total. The zero-order valence-electron chi connectivity index (χ0n) is 15.6. The Labute approximate surface area is 167 Å². The number of para-hydroxylation sites is 1. The zero-order chi connectivity index (χ0) is 21.9. The van der Waals surface area contributed by atoms with Gasteiger partial charge in [-0.05, 0) is 18.6 Å². The molecule has 0 amide bonds. The van der Waals surface area contributed by atoms with Crippen LogP contribution < -0.4 is 15.0 Å². The number of ether oxygens (including phenoxy) is 2. The Morgan fingerprint density at radius 1 is 1.00 bits per heavy atom. The van der Waals surface area contributed by atoms with E-state index in [0.717, 1.165) is 5.56 Å². The van der Waals surface area contributed by atoms with Crippen molar-refractivity contribution in [2.75, 3.05) is 36.5 Å². The fourth-order valence-corrected chi connectivity index (χ4v) is 2.62. The molecular formula is C17H17F6N5O2. The molecule has 0 spiro atoms. The Morgan fingerprint density at radius 3 is 2.23 bits per heavy atom. The molecule has 0 saturated carbocycles. The lowest BCUT2D eigenvalue weighted by atomic mass is 10.2. The summed E-state index contributed by atoms with van der Waals surface area (Å²) >= 11 is 0. The summed E-state index contributed by atoms with van der Waals surface area (Å²) < 4.78 is 86.8. The van der Waals surface area contributed by atoms with Crippen LogP contribution in [0, 0.1) is 6.92 Å². The molecule has 3 rings (SSSR count). The molecule has 1 aliphatic heterocycles. The lowest BCUT2D eigenvalue weighted by Gasteiger charge is -2.27. The number of benzene rings is 1. The van der Waals surface area contributed by atoms with Crippen molar-refractivity contribution in [3.63, 3.8) is 0 Å². The molecule has 1 fully saturated rings. The first-order valence-electron chi connectivity index (χ1n) is 8.75. The number of anilines is 3. The van der Waals surface area contributed by atoms with E-state index in [1.165, 1.54) is 0 Å². The van der Waals surface area contributed by atoms with Gasteiger partial charge in [-0.25, -0.2) is 0 Å². The van der Waals surface area contributed by atoms with Crippen LogP contribution in [0.3, 0.4) is 0 Å². The molecule has 2 aromatic rings. The van der Waals surface area contributed by atoms with Gasteiger partial charge in [0.1, 0.15) is 0 Å². The van der Waals surface area contributed by atoms with Gasteiger partial charge in [0.25, 0.3) is 6.10 Å². The van der Waals surface area contributed by atoms with Crippen LogP contribution in [0.25, 0.3) is 0 Å². The second-order valence-corrected chi connectivity index (χ2v) is 6.36. The van der Waals surface area contributed by atoms with Gasteiger partial charge >= 0.3 is 18.4 Å². The van der Waals surface area contributed by atoms with Crippen LogP contribution >= 0.6 is 0 Å². The van der Waals surface area contributed by atoms with E-state index in [2.05, 4.69) is 25.0 Å². The maximum absolute atomic E-state index is 12.9. The summed E-state index contributed by atoms with van der Waals surface area (Å²) in [5.74, 6) is -0.374. The second kappa shape index (κ2) is 8.50. The summed E-state index contributed by atoms with van der Waals surface area (Å²) in [6.07, 6.45) is -15.5. The topological polar surface area (TPSA) is 72.4 Å². The van der Waals surface area contributed by atoms with E-state index in [1.54, 1.807) is 36.1 Å². The number of rotatable bonds is 5. The molecule has 0 unspecified atom stereocenters. The van der Waals surface area contributed by atoms with E-state index in [1.807, 2.05) is 0 Å². The standard InChI is InChI=1S/C17H17F6N5O2/c1-10-4-2-3-5-11(10)24-13-25-14(28-6-8-29-9-7-28)27-15(26-13)30-12(16(18,19)20)17(21,22)23/h2-5,12H,6-9H2,1H3,(H,24,25,26,27). The number of hydrogen-bond acceptors (Lipinski definition) is 7. The van der Waals surface area contributed by atoms with Gasteiger partial charge in [0.2, 0.25) is 11.9 Å². The Kier molecular flexibility index (Phi) is 6.19. The number of aromatic nitrogens is 3. The van der Waals surface area contributed by atoms with Crippen molar-refractivity contribution in [2.24, 2.45) is 0 Å². The number of nitrogens with zero attached hydrogens (tertiary/aromatic N) is 4. The minimum atomic E-state index is -5.70. The van der Waals surface area contributed by atoms with Gasteiger partial charge in [0.05, 0.1) is 13.2 Å². The van der Waals surface area contributed by atoms with Crippen molar-refractivity contribution in [1.29, 1.82) is 0 Å². The predicted molar refractivity (Wildman–Crippen MR) is 93.8 cm³/mol. The molecule has 30 heavy (non-hydrogen) atoms. The number of alkyl halides is 6. The summed E-state index contributed by atoms with van der Waals surface area (Å²) in [6, 6.07) is 5.77. The maximum Gasteiger partial charge on any atom is 0.434 e. The molecule has 0 atom stereocenters. The van der Waals surface area contributed by atoms with Crippen LogP contribution in [-0.2, 0) is 4.74 Å². The third-order valence-corrected chi connectivity index (χ3v) is 4.11. The number of hydrogen-bond donors (Lipinski definition) is 1. The Bertz CT molecular complexity index is 856. The quantitative estimate of drug-likeness (QED) is 0.717. The SMILES string of the molecule is Cc1ccccc1Nc1nc(OC(C(F)(F)F)C(F)(F)F)nc(N2CCOCC2)n1. The highest BCUT2D eigenvalue weighted by Gasteiger charge is 2.59. The Balaban J connectivity index is 1.97. The summed E-state index contributed by atoms with van der Waals surface area (Å²) in [5.41, 5.74) is 1.28. The van der Waals surface area contributed by atoms with Crippen LogP contribution in [-0.4, -0.2) is 59.7 Å². The van der Waals surface area contributed by atoms with Gasteiger partial charge in [-0.3, -0.25) is 0 Å². The summed E-state index contributed by atoms with van der Waals surface area (Å²) in [5, 5.41) is 2.78. The third-order valence-electron chi connectivity index (χ3n) is 4.11. The average molecular weight is 437 g/mol. The lowest BCUT2D eigenvalue weighted by molar-refractivity contribution is -0.301. The van der Waals surface area contributed by atoms with Crippen molar-refractivity contribution in [2.45, 2.75) is 25.4 Å². The highest BCUT2D eigenvalue weighted by atomic mass is 19.4. The molecule has 0 aliphatic carbocycles. The van der Waals surface area contributed by atoms with E-state index in [0.29, 0.717) is 32.0 Å². The molecule has 1 aromatic heterocycles. The van der Waals surface area contributed by atoms with Crippen molar-refractivity contribution < 1.29 is 35.8 Å². The monoisotopic (exact) mass is 437 g/mol. The van der Waals surface area contributed by atoms with Gasteiger partial charge in [0.15, 0.2) is 0 Å². The number of morpholine rings is 1. The van der Waals surface area contributed by atoms with E-state index in [9.17, 15) is 26.3 Å². The van der Waals surface area contributed by atoms with Crippen LogP contribution in [0.4, 0.5) is 43.9 Å². The van der Waals surface area contributed by atoms with E-state index in [4.69, 9.17) is 4.74 Å². The molecule has 0 radical (unpaired) electrons. The smallest absolute Gasteiger partial charge is 0.434 e. The van der Waals surface area contributed by atoms with Crippen LogP contribution in [0.2, 0.25) is 0 Å². The molecule has 2 heterocycles. The Morgan fingerprint density at radius 2 is 1.63 bits per heavy atom. The van der Waals surface area contributed by atoms with Crippen molar-refractivity contribution in [1.82, 2.24) is 15.0 Å². The van der Waals surface area contributed by atoms with Gasteiger partial charge in [-0.1, -0.05) is 18.2 Å². The third kappa shape index (κ3) is 5.40. The van der Waals surface area contributed by atoms with E-state index in [-0.39, 0.29) is 11.9 Å². The number of nitrogens with one attached hydrogen (secondary N) is 1. The first-order valence-corrected chi connectivity index (χ1v) is 8.75. The minimum Gasteiger partial charge on any atom is -0.440 e. The molecule has 0 bridgehead atoms. The van der Waals surface area contributed by atoms with E-state index >= 15 is 0 Å². The van der Waals surface area contributed by atoms with Gasteiger partial charge in [-0.15, -0.1) is 0 Å². The highest BCUT2D eigenvalue weighted by molar-refractivity contribution is 5.58. The summed E-state index contributed by atoms with van der Waals surface area (Å²) in [7, 11) is 0. The predicted octanol–water partition coefficient (Wildman–Crippen LogP) is 3.63. The molecule has 1 saturated heterocycles. The van der Waals surface area contributed by atoms with Crippen LogP contribution in [0.15, 0.2) is 24.3 Å². The maximum atomic E-state index is 12.9. The van der Waals surface area contributed by atoms with Crippen molar-refractivity contribution >= 4 is 17.6 Å². The molecule has 13 heteroatoms. The minimum absolute atomic E-state index is 0.123. The zero-order valence-corrected chi connectivity index (χ0v) is 15.6. The number of halogens is 6. The average Bonchev–Trinajstić information content (AvgIpc) is 2.67. The van der Waals surface area contributed by atoms with E-state index < -0.39 is 24.5 Å². The molecule has 1 aromatic carbocycles. The first-order chi connectivity index (χ1) is 14.0. The molecule has 164 valence electrons. The first kappa shape index (κ1) is 21.9. The molecule has 1 aliphatic rings. The van der Waals surface area contributed by atoms with Crippen LogP contribution in [0.1, 0.15) is 5.56 Å². The number of aryl methyl sites for hydroxylation is 1. The summed E-state index contributed by atoms with van der Waals surface area (Å²) in [4.78, 5) is 13.0. The van der Waals surface area contributed by atoms with Gasteiger partial charge in [0, 0.05) is 18.8 Å². The van der Waals surface area contributed by atoms with Crippen molar-refractivity contribution in [3.05, 3.63) is 29.8 Å². The Hall–Kier alpha value is -2.83. The second-order valence-electron chi connectivity index (χ2n) is 6.36. The largest absolute Gasteiger partial charge is 0.440 e. The van der Waals surface area contributed by atoms with Gasteiger partial charge in [-0.2, -0.15) is 41.3 Å². The lowest BCUT2D eigenvalue weighted by Crippen LogP contribution is -2.47. The van der Waals surface area contributed by atoms with Gasteiger partial charge < -0.3 is 19.7 Å². The normalized spacial score (nSPS) is 15.4. The van der Waals surface area contributed by atoms with Crippen LogP contribution in [0.5, 0.6) is 6.01 Å². The fourth-order valence-electron chi connectivity index (χ4n) is 2.62. The van der Waals surface area contributed by atoms with Crippen molar-refractivity contribution in [3.8, 4) is 6.01 Å². The summed E-state index contributed by atoms with van der Waals surface area (Å²) in [6.45, 7) is 2.96. The fraction of sp³-hybridized carbons (Fsp3) is 0.471. The molecule has 1 N–H and O–H groups in total. The molecular weight excluding hydrogens is 420 g/mol.